The number of aromatic nitrogens is 3. The molecule has 1 amide bonds. The highest BCUT2D eigenvalue weighted by Crippen LogP contribution is 2.30. The second-order valence-corrected chi connectivity index (χ2v) is 6.37. The molecule has 1 aliphatic heterocycles. The highest BCUT2D eigenvalue weighted by atomic mass is 35.5. The fraction of sp³-hybridized carbons (Fsp3) is 0.375. The molecule has 28 heavy (non-hydrogen) atoms. The summed E-state index contributed by atoms with van der Waals surface area (Å²) in [6, 6.07) is 0.921. The Morgan fingerprint density at radius 3 is 2.50 bits per heavy atom. The average Bonchev–Trinajstić information content (AvgIpc) is 3.07. The number of halogens is 6. The molecule has 0 radical (unpaired) electrons. The molecule has 0 spiro atoms. The molecule has 2 unspecified atom stereocenters. The van der Waals surface area contributed by atoms with Crippen molar-refractivity contribution in [2.75, 3.05) is 6.54 Å². The molecule has 0 bridgehead atoms. The predicted octanol–water partition coefficient (Wildman–Crippen LogP) is 2.95. The van der Waals surface area contributed by atoms with Crippen LogP contribution in [0.2, 0.25) is 5.02 Å². The SMILES string of the molecule is Cl.O=C(NCc1cc(-c2cnc(C(F)(F)F)nc2)c(Cl)cn1)C1CC(F)CN1. The number of rotatable bonds is 4. The molecule has 12 heteroatoms. The monoisotopic (exact) mass is 439 g/mol. The van der Waals surface area contributed by atoms with Gasteiger partial charge in [-0.3, -0.25) is 9.78 Å². The van der Waals surface area contributed by atoms with Crippen LogP contribution in [-0.4, -0.2) is 39.6 Å². The van der Waals surface area contributed by atoms with E-state index >= 15 is 0 Å². The Morgan fingerprint density at radius 2 is 1.93 bits per heavy atom. The van der Waals surface area contributed by atoms with Crippen molar-refractivity contribution in [3.63, 3.8) is 0 Å². The molecule has 2 aromatic heterocycles. The van der Waals surface area contributed by atoms with Crippen molar-refractivity contribution in [1.29, 1.82) is 0 Å². The molecule has 0 aromatic carbocycles. The number of nitrogens with zero attached hydrogens (tertiary/aromatic N) is 3. The van der Waals surface area contributed by atoms with Gasteiger partial charge in [0.15, 0.2) is 0 Å². The van der Waals surface area contributed by atoms with Crippen molar-refractivity contribution in [2.45, 2.75) is 31.4 Å². The van der Waals surface area contributed by atoms with Gasteiger partial charge in [0.2, 0.25) is 11.7 Å². The summed E-state index contributed by atoms with van der Waals surface area (Å²) in [7, 11) is 0. The summed E-state index contributed by atoms with van der Waals surface area (Å²) >= 11 is 6.06. The Balaban J connectivity index is 0.00000280. The average molecular weight is 440 g/mol. The lowest BCUT2D eigenvalue weighted by atomic mass is 10.1. The first-order chi connectivity index (χ1) is 12.7. The Hall–Kier alpha value is -2.04. The molecule has 6 nitrogen and oxygen atoms in total. The number of carbonyl (C=O) groups excluding carboxylic acids is 1. The van der Waals surface area contributed by atoms with E-state index in [1.807, 2.05) is 0 Å². The first-order valence-corrected chi connectivity index (χ1v) is 8.31. The fourth-order valence-corrected chi connectivity index (χ4v) is 2.82. The molecule has 1 aliphatic rings. The van der Waals surface area contributed by atoms with Crippen molar-refractivity contribution in [3.8, 4) is 11.1 Å². The third-order valence-corrected chi connectivity index (χ3v) is 4.27. The molecule has 0 saturated carbocycles. The van der Waals surface area contributed by atoms with E-state index in [1.165, 1.54) is 12.3 Å². The molecule has 2 atom stereocenters. The van der Waals surface area contributed by atoms with Crippen LogP contribution in [0, 0.1) is 0 Å². The molecule has 1 fully saturated rings. The van der Waals surface area contributed by atoms with E-state index in [0.717, 1.165) is 12.4 Å². The van der Waals surface area contributed by atoms with E-state index in [2.05, 4.69) is 25.6 Å². The molecular weight excluding hydrogens is 425 g/mol. The van der Waals surface area contributed by atoms with Crippen LogP contribution in [-0.2, 0) is 17.5 Å². The van der Waals surface area contributed by atoms with E-state index in [9.17, 15) is 22.4 Å². The molecule has 152 valence electrons. The minimum absolute atomic E-state index is 0. The zero-order valence-corrected chi connectivity index (χ0v) is 15.7. The third kappa shape index (κ3) is 5.27. The lowest BCUT2D eigenvalue weighted by Gasteiger charge is -2.12. The minimum Gasteiger partial charge on any atom is -0.349 e. The Labute approximate surface area is 168 Å². The van der Waals surface area contributed by atoms with Crippen molar-refractivity contribution in [3.05, 3.63) is 41.2 Å². The summed E-state index contributed by atoms with van der Waals surface area (Å²) in [5.41, 5.74) is 1.09. The van der Waals surface area contributed by atoms with Gasteiger partial charge in [0.25, 0.3) is 0 Å². The van der Waals surface area contributed by atoms with Crippen molar-refractivity contribution < 1.29 is 22.4 Å². The van der Waals surface area contributed by atoms with Crippen molar-refractivity contribution >= 4 is 29.9 Å². The first-order valence-electron chi connectivity index (χ1n) is 7.93. The maximum Gasteiger partial charge on any atom is 0.451 e. The normalized spacial score (nSPS) is 19.2. The molecule has 0 aliphatic carbocycles. The third-order valence-electron chi connectivity index (χ3n) is 3.97. The predicted molar refractivity (Wildman–Crippen MR) is 95.7 cm³/mol. The summed E-state index contributed by atoms with van der Waals surface area (Å²) in [5, 5.41) is 5.60. The summed E-state index contributed by atoms with van der Waals surface area (Å²) in [5.74, 6) is -1.61. The van der Waals surface area contributed by atoms with E-state index in [0.29, 0.717) is 11.3 Å². The van der Waals surface area contributed by atoms with Gasteiger partial charge < -0.3 is 10.6 Å². The quantitative estimate of drug-likeness (QED) is 0.715. The number of pyridine rings is 1. The van der Waals surface area contributed by atoms with Gasteiger partial charge in [0.05, 0.1) is 23.3 Å². The van der Waals surface area contributed by atoms with Crippen LogP contribution in [0.1, 0.15) is 17.9 Å². The standard InChI is InChI=1S/C16H14ClF4N5O.ClH/c17-12-7-22-10(6-24-14(27)13-1-9(18)5-23-13)2-11(12)8-3-25-15(26-4-8)16(19,20)21;/h2-4,7,9,13,23H,1,5-6H2,(H,24,27);1H. The Kier molecular flexibility index (Phi) is 7.13. The maximum atomic E-state index is 13.1. The molecule has 1 saturated heterocycles. The summed E-state index contributed by atoms with van der Waals surface area (Å²) in [4.78, 5) is 22.7. The molecular formula is C16H15Cl2F4N5O. The van der Waals surface area contributed by atoms with Gasteiger partial charge in [-0.2, -0.15) is 13.2 Å². The molecule has 2 N–H and O–H groups in total. The molecule has 3 rings (SSSR count). The van der Waals surface area contributed by atoms with E-state index in [1.54, 1.807) is 0 Å². The minimum atomic E-state index is -4.64. The fourth-order valence-electron chi connectivity index (χ4n) is 2.61. The largest absolute Gasteiger partial charge is 0.451 e. The summed E-state index contributed by atoms with van der Waals surface area (Å²) in [6.07, 6.45) is -2.23. The van der Waals surface area contributed by atoms with Gasteiger partial charge in [-0.15, -0.1) is 12.4 Å². The Bertz CT molecular complexity index is 835. The topological polar surface area (TPSA) is 79.8 Å². The lowest BCUT2D eigenvalue weighted by Crippen LogP contribution is -2.40. The van der Waals surface area contributed by atoms with E-state index in [-0.39, 0.29) is 48.4 Å². The van der Waals surface area contributed by atoms with E-state index in [4.69, 9.17) is 11.6 Å². The number of nitrogens with one attached hydrogen (secondary N) is 2. The van der Waals surface area contributed by atoms with Crippen molar-refractivity contribution in [1.82, 2.24) is 25.6 Å². The zero-order valence-electron chi connectivity index (χ0n) is 14.1. The number of carbonyl (C=O) groups is 1. The van der Waals surface area contributed by atoms with Gasteiger partial charge in [0, 0.05) is 42.7 Å². The van der Waals surface area contributed by atoms with E-state index < -0.39 is 24.2 Å². The number of hydrogen-bond acceptors (Lipinski definition) is 5. The first kappa shape index (κ1) is 22.3. The van der Waals surface area contributed by atoms with Crippen LogP contribution in [0.4, 0.5) is 17.6 Å². The highest BCUT2D eigenvalue weighted by molar-refractivity contribution is 6.33. The van der Waals surface area contributed by atoms with Gasteiger partial charge in [-0.1, -0.05) is 11.6 Å². The highest BCUT2D eigenvalue weighted by Gasteiger charge is 2.34. The van der Waals surface area contributed by atoms with Crippen LogP contribution in [0.3, 0.4) is 0 Å². The second-order valence-electron chi connectivity index (χ2n) is 5.96. The summed E-state index contributed by atoms with van der Waals surface area (Å²) < 4.78 is 50.8. The van der Waals surface area contributed by atoms with Gasteiger partial charge in [-0.05, 0) is 6.07 Å². The van der Waals surface area contributed by atoms with Gasteiger partial charge in [-0.25, -0.2) is 14.4 Å². The molecule has 2 aromatic rings. The number of hydrogen-bond donors (Lipinski definition) is 2. The summed E-state index contributed by atoms with van der Waals surface area (Å²) in [6.45, 7) is 0.189. The van der Waals surface area contributed by atoms with Crippen LogP contribution in [0.15, 0.2) is 24.7 Å². The van der Waals surface area contributed by atoms with Gasteiger partial charge >= 0.3 is 6.18 Å². The Morgan fingerprint density at radius 1 is 1.25 bits per heavy atom. The van der Waals surface area contributed by atoms with Crippen LogP contribution in [0.25, 0.3) is 11.1 Å². The van der Waals surface area contributed by atoms with Crippen LogP contribution < -0.4 is 10.6 Å². The molecule has 3 heterocycles. The second kappa shape index (κ2) is 8.97. The smallest absolute Gasteiger partial charge is 0.349 e. The van der Waals surface area contributed by atoms with Gasteiger partial charge in [0.1, 0.15) is 6.17 Å². The maximum absolute atomic E-state index is 13.1. The lowest BCUT2D eigenvalue weighted by molar-refractivity contribution is -0.145. The zero-order chi connectivity index (χ0) is 19.6. The van der Waals surface area contributed by atoms with Crippen LogP contribution in [0.5, 0.6) is 0 Å². The number of alkyl halides is 4. The van der Waals surface area contributed by atoms with Crippen molar-refractivity contribution in [2.24, 2.45) is 0 Å². The number of amides is 1. The van der Waals surface area contributed by atoms with Crippen LogP contribution >= 0.6 is 24.0 Å².